The van der Waals surface area contributed by atoms with E-state index < -0.39 is 11.2 Å². The number of hydrogen-bond donors (Lipinski definition) is 1. The highest BCUT2D eigenvalue weighted by Gasteiger charge is 2.41. The summed E-state index contributed by atoms with van der Waals surface area (Å²) in [4.78, 5) is 14.2. The molecule has 0 aliphatic carbocycles. The fourth-order valence-corrected chi connectivity index (χ4v) is 3.84. The molecule has 0 aromatic heterocycles. The van der Waals surface area contributed by atoms with Gasteiger partial charge >= 0.3 is 6.09 Å². The second-order valence-electron chi connectivity index (χ2n) is 8.30. The predicted molar refractivity (Wildman–Crippen MR) is 105 cm³/mol. The number of likely N-dealkylation sites (tertiary alicyclic amines) is 1. The summed E-state index contributed by atoms with van der Waals surface area (Å²) in [5, 5.41) is 12.3. The molecular weight excluding hydrogens is 350 g/mol. The molecule has 2 atom stereocenters. The number of carbonyl (C=O) groups is 1. The number of hydrogen-bond acceptors (Lipinski definition) is 3. The Bertz CT molecular complexity index is 614. The predicted octanol–water partition coefficient (Wildman–Crippen LogP) is 5.36. The molecule has 1 amide bonds. The number of piperidine rings is 1. The van der Waals surface area contributed by atoms with E-state index in [1.165, 1.54) is 0 Å². The van der Waals surface area contributed by atoms with E-state index in [0.29, 0.717) is 24.5 Å². The first kappa shape index (κ1) is 21.0. The van der Waals surface area contributed by atoms with E-state index in [0.717, 1.165) is 31.2 Å². The number of aliphatic hydroxyl groups is 1. The molecule has 1 N–H and O–H groups in total. The normalized spacial score (nSPS) is 20.5. The molecule has 2 rings (SSSR count). The second kappa shape index (κ2) is 8.62. The number of halogens is 1. The third kappa shape index (κ3) is 5.37. The summed E-state index contributed by atoms with van der Waals surface area (Å²) in [6.45, 7) is 8.90. The molecule has 26 heavy (non-hydrogen) atoms. The van der Waals surface area contributed by atoms with Gasteiger partial charge in [0.1, 0.15) is 5.60 Å². The van der Waals surface area contributed by atoms with Crippen LogP contribution >= 0.6 is 11.6 Å². The molecule has 1 aliphatic heterocycles. The quantitative estimate of drug-likeness (QED) is 0.746. The van der Waals surface area contributed by atoms with E-state index in [-0.39, 0.29) is 12.0 Å². The Morgan fingerprint density at radius 1 is 1.38 bits per heavy atom. The van der Waals surface area contributed by atoms with E-state index in [9.17, 15) is 9.90 Å². The standard InChI is InChI=1S/C21H32ClNO3/c1-5-6-12-21(25,16-9-7-11-18(22)14-16)17-10-8-13-23(15-17)19(24)26-20(2,3)4/h7,9,11,14,17,25H,5-6,8,10,12-13,15H2,1-4H3/t17-,21+/m1/s1. The highest BCUT2D eigenvalue weighted by Crippen LogP contribution is 2.40. The number of carbonyl (C=O) groups excluding carboxylic acids is 1. The summed E-state index contributed by atoms with van der Waals surface area (Å²) in [7, 11) is 0. The van der Waals surface area contributed by atoms with Crippen LogP contribution < -0.4 is 0 Å². The minimum Gasteiger partial charge on any atom is -0.444 e. The van der Waals surface area contributed by atoms with Gasteiger partial charge in [0.15, 0.2) is 0 Å². The van der Waals surface area contributed by atoms with Crippen LogP contribution in [0.25, 0.3) is 0 Å². The molecule has 146 valence electrons. The van der Waals surface area contributed by atoms with Crippen LogP contribution in [0.15, 0.2) is 24.3 Å². The van der Waals surface area contributed by atoms with Gasteiger partial charge in [-0.1, -0.05) is 43.5 Å². The van der Waals surface area contributed by atoms with E-state index in [1.807, 2.05) is 45.0 Å². The highest BCUT2D eigenvalue weighted by atomic mass is 35.5. The summed E-state index contributed by atoms with van der Waals surface area (Å²) in [6.07, 6.45) is 4.03. The Morgan fingerprint density at radius 3 is 2.73 bits per heavy atom. The smallest absolute Gasteiger partial charge is 0.410 e. The van der Waals surface area contributed by atoms with Crippen LogP contribution in [0.1, 0.15) is 65.4 Å². The molecule has 0 spiro atoms. The summed E-state index contributed by atoms with van der Waals surface area (Å²) < 4.78 is 5.53. The van der Waals surface area contributed by atoms with E-state index in [4.69, 9.17) is 16.3 Å². The van der Waals surface area contributed by atoms with Gasteiger partial charge < -0.3 is 14.7 Å². The maximum Gasteiger partial charge on any atom is 0.410 e. The molecule has 0 unspecified atom stereocenters. The molecule has 5 heteroatoms. The Balaban J connectivity index is 2.23. The van der Waals surface area contributed by atoms with E-state index >= 15 is 0 Å². The van der Waals surface area contributed by atoms with Crippen LogP contribution in [0.4, 0.5) is 4.79 Å². The van der Waals surface area contributed by atoms with Crippen molar-refractivity contribution in [3.8, 4) is 0 Å². The number of nitrogens with zero attached hydrogens (tertiary/aromatic N) is 1. The van der Waals surface area contributed by atoms with E-state index in [2.05, 4.69) is 6.92 Å². The zero-order valence-electron chi connectivity index (χ0n) is 16.4. The third-order valence-corrected chi connectivity index (χ3v) is 5.22. The van der Waals surface area contributed by atoms with Crippen LogP contribution in [-0.4, -0.2) is 34.8 Å². The first-order valence-electron chi connectivity index (χ1n) is 9.62. The molecular formula is C21H32ClNO3. The van der Waals surface area contributed by atoms with Crippen molar-refractivity contribution in [2.24, 2.45) is 5.92 Å². The van der Waals surface area contributed by atoms with Crippen molar-refractivity contribution in [3.63, 3.8) is 0 Å². The second-order valence-corrected chi connectivity index (χ2v) is 8.74. The Hall–Kier alpha value is -1.26. The van der Waals surface area contributed by atoms with Crippen LogP contribution in [0.5, 0.6) is 0 Å². The molecule has 1 aliphatic rings. The van der Waals surface area contributed by atoms with Crippen molar-refractivity contribution in [1.82, 2.24) is 4.90 Å². The average molecular weight is 382 g/mol. The molecule has 0 radical (unpaired) electrons. The number of amides is 1. The van der Waals surface area contributed by atoms with Crippen molar-refractivity contribution in [2.45, 2.75) is 71.0 Å². The first-order chi connectivity index (χ1) is 12.2. The molecule has 1 aromatic rings. The highest BCUT2D eigenvalue weighted by molar-refractivity contribution is 6.30. The largest absolute Gasteiger partial charge is 0.444 e. The minimum atomic E-state index is -0.985. The van der Waals surface area contributed by atoms with Gasteiger partial charge in [-0.15, -0.1) is 0 Å². The summed E-state index contributed by atoms with van der Waals surface area (Å²) in [5.74, 6) is -0.0335. The summed E-state index contributed by atoms with van der Waals surface area (Å²) >= 11 is 6.18. The number of rotatable bonds is 5. The summed E-state index contributed by atoms with van der Waals surface area (Å²) in [5.41, 5.74) is -0.661. The lowest BCUT2D eigenvalue weighted by Gasteiger charge is -2.43. The number of ether oxygens (including phenoxy) is 1. The van der Waals surface area contributed by atoms with Crippen molar-refractivity contribution in [1.29, 1.82) is 0 Å². The van der Waals surface area contributed by atoms with Gasteiger partial charge in [0.25, 0.3) is 0 Å². The molecule has 1 aromatic carbocycles. The number of benzene rings is 1. The van der Waals surface area contributed by atoms with Crippen LogP contribution in [0.3, 0.4) is 0 Å². The van der Waals surface area contributed by atoms with Crippen molar-refractivity contribution in [3.05, 3.63) is 34.9 Å². The zero-order chi connectivity index (χ0) is 19.4. The van der Waals surface area contributed by atoms with Crippen LogP contribution in [0.2, 0.25) is 5.02 Å². The molecule has 1 saturated heterocycles. The molecule has 1 fully saturated rings. The lowest BCUT2D eigenvalue weighted by Crippen LogP contribution is -2.49. The monoisotopic (exact) mass is 381 g/mol. The lowest BCUT2D eigenvalue weighted by atomic mass is 9.74. The van der Waals surface area contributed by atoms with Gasteiger partial charge in [0.05, 0.1) is 5.60 Å². The van der Waals surface area contributed by atoms with Crippen LogP contribution in [-0.2, 0) is 10.3 Å². The maximum absolute atomic E-state index is 12.5. The fraction of sp³-hybridized carbons (Fsp3) is 0.667. The summed E-state index contributed by atoms with van der Waals surface area (Å²) in [6, 6.07) is 7.49. The SMILES string of the molecule is CCCC[C@](O)(c1cccc(Cl)c1)[C@@H]1CCCN(C(=O)OC(C)(C)C)C1. The zero-order valence-corrected chi connectivity index (χ0v) is 17.2. The van der Waals surface area contributed by atoms with Gasteiger partial charge in [0.2, 0.25) is 0 Å². The average Bonchev–Trinajstić information content (AvgIpc) is 2.58. The van der Waals surface area contributed by atoms with Gasteiger partial charge in [0, 0.05) is 24.0 Å². The Labute approximate surface area is 162 Å². The van der Waals surface area contributed by atoms with Gasteiger partial charge in [-0.3, -0.25) is 0 Å². The molecule has 0 bridgehead atoms. The fourth-order valence-electron chi connectivity index (χ4n) is 3.65. The Morgan fingerprint density at radius 2 is 2.12 bits per heavy atom. The van der Waals surface area contributed by atoms with Gasteiger partial charge in [-0.2, -0.15) is 0 Å². The van der Waals surface area contributed by atoms with Gasteiger partial charge in [-0.05, 0) is 57.7 Å². The lowest BCUT2D eigenvalue weighted by molar-refractivity contribution is -0.0635. The van der Waals surface area contributed by atoms with Crippen LogP contribution in [0, 0.1) is 5.92 Å². The topological polar surface area (TPSA) is 49.8 Å². The maximum atomic E-state index is 12.5. The molecule has 0 saturated carbocycles. The van der Waals surface area contributed by atoms with Crippen molar-refractivity contribution < 1.29 is 14.6 Å². The van der Waals surface area contributed by atoms with Crippen molar-refractivity contribution >= 4 is 17.7 Å². The Kier molecular flexibility index (Phi) is 6.98. The third-order valence-electron chi connectivity index (χ3n) is 4.98. The molecule has 1 heterocycles. The van der Waals surface area contributed by atoms with Crippen molar-refractivity contribution in [2.75, 3.05) is 13.1 Å². The van der Waals surface area contributed by atoms with E-state index in [1.54, 1.807) is 4.90 Å². The minimum absolute atomic E-state index is 0.0335. The first-order valence-corrected chi connectivity index (χ1v) is 10.00. The number of unbranched alkanes of at least 4 members (excludes halogenated alkanes) is 1. The molecule has 4 nitrogen and oxygen atoms in total. The van der Waals surface area contributed by atoms with Gasteiger partial charge in [-0.25, -0.2) is 4.79 Å².